The van der Waals surface area contributed by atoms with E-state index in [1.54, 1.807) is 0 Å². The number of ether oxygens (including phenoxy) is 1. The van der Waals surface area contributed by atoms with Gasteiger partial charge in [0.05, 0.1) is 17.7 Å². The van der Waals surface area contributed by atoms with E-state index in [0.717, 1.165) is 32.1 Å². The predicted molar refractivity (Wildman–Crippen MR) is 71.2 cm³/mol. The van der Waals surface area contributed by atoms with E-state index in [-0.39, 0.29) is 18.1 Å². The van der Waals surface area contributed by atoms with Crippen LogP contribution in [0.5, 0.6) is 0 Å². The van der Waals surface area contributed by atoms with Crippen LogP contribution in [0.15, 0.2) is 0 Å². The molecule has 18 heavy (non-hydrogen) atoms. The minimum Gasteiger partial charge on any atom is -0.372 e. The van der Waals surface area contributed by atoms with Gasteiger partial charge in [0, 0.05) is 13.1 Å². The van der Waals surface area contributed by atoms with Gasteiger partial charge in [-0.2, -0.15) is 0 Å². The maximum atomic E-state index is 12.6. The van der Waals surface area contributed by atoms with Gasteiger partial charge < -0.3 is 15.4 Å². The second-order valence-electron chi connectivity index (χ2n) is 5.90. The van der Waals surface area contributed by atoms with Gasteiger partial charge in [0.25, 0.3) is 0 Å². The van der Waals surface area contributed by atoms with Crippen molar-refractivity contribution in [3.63, 3.8) is 0 Å². The topological polar surface area (TPSA) is 55.6 Å². The zero-order valence-corrected chi connectivity index (χ0v) is 11.7. The standard InChI is InChI=1S/C14H26N2O2/c1-3-12-10-16(9-11(2)18-12)13(17)14(15)7-5-4-6-8-14/h11-12H,3-10,15H2,1-2H3. The normalized spacial score (nSPS) is 32.3. The van der Waals surface area contributed by atoms with E-state index in [9.17, 15) is 4.79 Å². The molecule has 0 aromatic rings. The van der Waals surface area contributed by atoms with Gasteiger partial charge in [0.2, 0.25) is 5.91 Å². The highest BCUT2D eigenvalue weighted by molar-refractivity contribution is 5.86. The molecule has 2 N–H and O–H groups in total. The number of rotatable bonds is 2. The van der Waals surface area contributed by atoms with Crippen LogP contribution in [0.2, 0.25) is 0 Å². The molecule has 2 atom stereocenters. The number of amides is 1. The van der Waals surface area contributed by atoms with E-state index in [1.807, 2.05) is 11.8 Å². The molecular formula is C14H26N2O2. The van der Waals surface area contributed by atoms with Crippen LogP contribution < -0.4 is 5.73 Å². The molecule has 1 saturated heterocycles. The van der Waals surface area contributed by atoms with E-state index in [1.165, 1.54) is 6.42 Å². The Bertz CT molecular complexity index is 300. The summed E-state index contributed by atoms with van der Waals surface area (Å²) in [5, 5.41) is 0. The average molecular weight is 254 g/mol. The van der Waals surface area contributed by atoms with Crippen LogP contribution in [-0.4, -0.2) is 41.6 Å². The lowest BCUT2D eigenvalue weighted by molar-refractivity contribution is -0.151. The number of carbonyl (C=O) groups is 1. The molecule has 0 aromatic carbocycles. The van der Waals surface area contributed by atoms with Gasteiger partial charge in [-0.15, -0.1) is 0 Å². The first-order valence-corrected chi connectivity index (χ1v) is 7.29. The summed E-state index contributed by atoms with van der Waals surface area (Å²) < 4.78 is 5.80. The van der Waals surface area contributed by atoms with E-state index in [0.29, 0.717) is 13.1 Å². The minimum absolute atomic E-state index is 0.125. The predicted octanol–water partition coefficient (Wildman–Crippen LogP) is 1.67. The highest BCUT2D eigenvalue weighted by Gasteiger charge is 2.40. The summed E-state index contributed by atoms with van der Waals surface area (Å²) in [6.45, 7) is 5.53. The lowest BCUT2D eigenvalue weighted by Gasteiger charge is -2.42. The summed E-state index contributed by atoms with van der Waals surface area (Å²) in [5.74, 6) is 0.149. The number of hydrogen-bond donors (Lipinski definition) is 1. The third-order valence-electron chi connectivity index (χ3n) is 4.24. The van der Waals surface area contributed by atoms with Crippen molar-refractivity contribution in [1.29, 1.82) is 0 Å². The smallest absolute Gasteiger partial charge is 0.242 e. The lowest BCUT2D eigenvalue weighted by Crippen LogP contribution is -2.60. The molecule has 2 aliphatic rings. The highest BCUT2D eigenvalue weighted by Crippen LogP contribution is 2.29. The summed E-state index contributed by atoms with van der Waals surface area (Å²) >= 11 is 0. The molecule has 1 saturated carbocycles. The summed E-state index contributed by atoms with van der Waals surface area (Å²) in [7, 11) is 0. The van der Waals surface area contributed by atoms with Crippen LogP contribution >= 0.6 is 0 Å². The molecule has 1 aliphatic heterocycles. The van der Waals surface area contributed by atoms with Crippen molar-refractivity contribution in [2.75, 3.05) is 13.1 Å². The van der Waals surface area contributed by atoms with Crippen molar-refractivity contribution < 1.29 is 9.53 Å². The monoisotopic (exact) mass is 254 g/mol. The lowest BCUT2D eigenvalue weighted by atomic mass is 9.81. The fourth-order valence-corrected chi connectivity index (χ4v) is 3.15. The SMILES string of the molecule is CCC1CN(C(=O)C2(N)CCCCC2)CC(C)O1. The Hall–Kier alpha value is -0.610. The van der Waals surface area contributed by atoms with Crippen LogP contribution in [-0.2, 0) is 9.53 Å². The minimum atomic E-state index is -0.604. The first-order valence-electron chi connectivity index (χ1n) is 7.29. The molecule has 104 valence electrons. The van der Waals surface area contributed by atoms with Crippen molar-refractivity contribution >= 4 is 5.91 Å². The maximum Gasteiger partial charge on any atom is 0.242 e. The molecule has 1 amide bonds. The quantitative estimate of drug-likeness (QED) is 0.815. The molecular weight excluding hydrogens is 228 g/mol. The summed E-state index contributed by atoms with van der Waals surface area (Å²) in [4.78, 5) is 14.6. The van der Waals surface area contributed by atoms with E-state index in [4.69, 9.17) is 10.5 Å². The van der Waals surface area contributed by atoms with Crippen LogP contribution in [0, 0.1) is 0 Å². The van der Waals surface area contributed by atoms with Crippen LogP contribution in [0.4, 0.5) is 0 Å². The molecule has 4 heteroatoms. The molecule has 0 aromatic heterocycles. The van der Waals surface area contributed by atoms with Crippen molar-refractivity contribution in [2.24, 2.45) is 5.73 Å². The van der Waals surface area contributed by atoms with Crippen LogP contribution in [0.25, 0.3) is 0 Å². The molecule has 2 unspecified atom stereocenters. The molecule has 0 spiro atoms. The van der Waals surface area contributed by atoms with E-state index >= 15 is 0 Å². The molecule has 4 nitrogen and oxygen atoms in total. The first-order chi connectivity index (χ1) is 8.55. The number of carbonyl (C=O) groups excluding carboxylic acids is 1. The third-order valence-corrected chi connectivity index (χ3v) is 4.24. The van der Waals surface area contributed by atoms with Gasteiger partial charge in [-0.3, -0.25) is 4.79 Å². The Kier molecular flexibility index (Phi) is 4.28. The second-order valence-corrected chi connectivity index (χ2v) is 5.90. The summed E-state index contributed by atoms with van der Waals surface area (Å²) in [5.41, 5.74) is 5.73. The van der Waals surface area contributed by atoms with Crippen LogP contribution in [0.3, 0.4) is 0 Å². The van der Waals surface area contributed by atoms with Crippen molar-refractivity contribution in [1.82, 2.24) is 4.90 Å². The van der Waals surface area contributed by atoms with Gasteiger partial charge in [-0.1, -0.05) is 26.2 Å². The molecule has 0 bridgehead atoms. The largest absolute Gasteiger partial charge is 0.372 e. The first kappa shape index (κ1) is 13.8. The Balaban J connectivity index is 2.03. The second kappa shape index (κ2) is 5.57. The zero-order chi connectivity index (χ0) is 13.2. The number of hydrogen-bond acceptors (Lipinski definition) is 3. The summed E-state index contributed by atoms with van der Waals surface area (Å²) in [6, 6.07) is 0. The van der Waals surface area contributed by atoms with Gasteiger partial charge in [0.1, 0.15) is 0 Å². The number of morpholine rings is 1. The van der Waals surface area contributed by atoms with Gasteiger partial charge >= 0.3 is 0 Å². The van der Waals surface area contributed by atoms with E-state index < -0.39 is 5.54 Å². The third kappa shape index (κ3) is 2.86. The Morgan fingerprint density at radius 1 is 1.33 bits per heavy atom. The van der Waals surface area contributed by atoms with Gasteiger partial charge in [-0.05, 0) is 26.2 Å². The fraction of sp³-hybridized carbons (Fsp3) is 0.929. The Labute approximate surface area is 110 Å². The molecule has 1 heterocycles. The molecule has 2 rings (SSSR count). The number of nitrogens with zero attached hydrogens (tertiary/aromatic N) is 1. The fourth-order valence-electron chi connectivity index (χ4n) is 3.15. The van der Waals surface area contributed by atoms with Gasteiger partial charge in [0.15, 0.2) is 0 Å². The Morgan fingerprint density at radius 2 is 2.00 bits per heavy atom. The summed E-state index contributed by atoms with van der Waals surface area (Å²) in [6.07, 6.45) is 6.31. The Morgan fingerprint density at radius 3 is 2.61 bits per heavy atom. The zero-order valence-electron chi connectivity index (χ0n) is 11.7. The van der Waals surface area contributed by atoms with Crippen LogP contribution in [0.1, 0.15) is 52.4 Å². The molecule has 1 aliphatic carbocycles. The van der Waals surface area contributed by atoms with Crippen molar-refractivity contribution in [3.05, 3.63) is 0 Å². The molecule has 2 fully saturated rings. The molecule has 0 radical (unpaired) electrons. The van der Waals surface area contributed by atoms with Crippen molar-refractivity contribution in [2.45, 2.75) is 70.1 Å². The number of nitrogens with two attached hydrogens (primary N) is 1. The average Bonchev–Trinajstić information content (AvgIpc) is 2.38. The highest BCUT2D eigenvalue weighted by atomic mass is 16.5. The maximum absolute atomic E-state index is 12.6. The van der Waals surface area contributed by atoms with E-state index in [2.05, 4.69) is 6.92 Å². The van der Waals surface area contributed by atoms with Crippen molar-refractivity contribution in [3.8, 4) is 0 Å². The van der Waals surface area contributed by atoms with Gasteiger partial charge in [-0.25, -0.2) is 0 Å².